The smallest absolute Gasteiger partial charge is 0.306 e. The molecule has 0 aliphatic carbocycles. The van der Waals surface area contributed by atoms with Crippen LogP contribution in [0, 0.1) is 0 Å². The number of methoxy groups -OCH3 is 1. The van der Waals surface area contributed by atoms with Crippen LogP contribution in [-0.4, -0.2) is 32.2 Å². The molecule has 0 saturated carbocycles. The third kappa shape index (κ3) is 7.11. The van der Waals surface area contributed by atoms with E-state index in [0.717, 1.165) is 0 Å². The van der Waals surface area contributed by atoms with E-state index in [9.17, 15) is 9.59 Å². The fourth-order valence-electron chi connectivity index (χ4n) is 2.17. The number of nitrogens with one attached hydrogen (secondary N) is 1. The molecule has 0 atom stereocenters. The first-order valence-corrected chi connectivity index (χ1v) is 9.39. The molecule has 0 bridgehead atoms. The summed E-state index contributed by atoms with van der Waals surface area (Å²) in [6, 6.07) is 9.67. The minimum Gasteiger partial charge on any atom is -0.495 e. The minimum absolute atomic E-state index is 0.0962. The zero-order valence-electron chi connectivity index (χ0n) is 15.0. The van der Waals surface area contributed by atoms with Crippen molar-refractivity contribution >= 4 is 52.4 Å². The highest BCUT2D eigenvalue weighted by atomic mass is 35.5. The van der Waals surface area contributed by atoms with E-state index in [1.54, 1.807) is 36.4 Å². The number of carbonyl (C=O) groups is 2. The van der Waals surface area contributed by atoms with Gasteiger partial charge in [0.2, 0.25) is 0 Å². The molecule has 0 aliphatic rings. The van der Waals surface area contributed by atoms with Crippen LogP contribution < -0.4 is 14.8 Å². The van der Waals surface area contributed by atoms with Crippen molar-refractivity contribution in [3.63, 3.8) is 0 Å². The van der Waals surface area contributed by atoms with E-state index < -0.39 is 18.5 Å². The van der Waals surface area contributed by atoms with Gasteiger partial charge in [0.25, 0.3) is 5.91 Å². The van der Waals surface area contributed by atoms with Gasteiger partial charge in [0.1, 0.15) is 11.5 Å². The number of amides is 1. The standard InChI is InChI=1S/C19H18Cl3NO5/c1-26-17-7-5-13(21)10-15(17)23-18(24)11-28-19(25)3-2-8-27-16-6-4-12(20)9-14(16)22/h4-7,9-10H,2-3,8,11H2,1H3,(H,23,24). The molecule has 0 spiro atoms. The number of hydrogen-bond acceptors (Lipinski definition) is 5. The summed E-state index contributed by atoms with van der Waals surface area (Å²) in [5.41, 5.74) is 0.393. The van der Waals surface area contributed by atoms with Crippen LogP contribution in [0.25, 0.3) is 0 Å². The molecule has 2 rings (SSSR count). The molecule has 2 aromatic rings. The first-order valence-electron chi connectivity index (χ1n) is 8.26. The summed E-state index contributed by atoms with van der Waals surface area (Å²) in [6.07, 6.45) is 0.500. The number of carbonyl (C=O) groups excluding carboxylic acids is 2. The molecule has 0 radical (unpaired) electrons. The zero-order chi connectivity index (χ0) is 20.5. The van der Waals surface area contributed by atoms with E-state index in [4.69, 9.17) is 49.0 Å². The van der Waals surface area contributed by atoms with Crippen molar-refractivity contribution in [3.8, 4) is 11.5 Å². The van der Waals surface area contributed by atoms with Crippen molar-refractivity contribution < 1.29 is 23.8 Å². The summed E-state index contributed by atoms with van der Waals surface area (Å²) in [5, 5.41) is 3.92. The normalized spacial score (nSPS) is 10.3. The van der Waals surface area contributed by atoms with Crippen molar-refractivity contribution in [2.45, 2.75) is 12.8 Å². The fourth-order valence-corrected chi connectivity index (χ4v) is 2.81. The monoisotopic (exact) mass is 445 g/mol. The maximum absolute atomic E-state index is 11.9. The molecule has 1 N–H and O–H groups in total. The van der Waals surface area contributed by atoms with E-state index in [1.807, 2.05) is 0 Å². The Hall–Kier alpha value is -2.15. The topological polar surface area (TPSA) is 73.9 Å². The predicted octanol–water partition coefficient (Wildman–Crippen LogP) is 5.00. The number of ether oxygens (including phenoxy) is 3. The molecular formula is C19H18Cl3NO5. The lowest BCUT2D eigenvalue weighted by Gasteiger charge is -2.11. The van der Waals surface area contributed by atoms with E-state index in [-0.39, 0.29) is 13.0 Å². The van der Waals surface area contributed by atoms with Crippen LogP contribution >= 0.6 is 34.8 Å². The summed E-state index contributed by atoms with van der Waals surface area (Å²) >= 11 is 17.7. The summed E-state index contributed by atoms with van der Waals surface area (Å²) < 4.78 is 15.6. The highest BCUT2D eigenvalue weighted by molar-refractivity contribution is 6.35. The van der Waals surface area contributed by atoms with Gasteiger partial charge in [0, 0.05) is 16.5 Å². The summed E-state index contributed by atoms with van der Waals surface area (Å²) in [4.78, 5) is 23.7. The van der Waals surface area contributed by atoms with Crippen molar-refractivity contribution in [2.75, 3.05) is 25.6 Å². The SMILES string of the molecule is COc1ccc(Cl)cc1NC(=O)COC(=O)CCCOc1ccc(Cl)cc1Cl. The van der Waals surface area contributed by atoms with Gasteiger partial charge in [-0.15, -0.1) is 0 Å². The van der Waals surface area contributed by atoms with E-state index in [1.165, 1.54) is 7.11 Å². The van der Waals surface area contributed by atoms with Crippen LogP contribution in [-0.2, 0) is 14.3 Å². The molecular weight excluding hydrogens is 429 g/mol. The fraction of sp³-hybridized carbons (Fsp3) is 0.263. The number of hydrogen-bond donors (Lipinski definition) is 1. The van der Waals surface area contributed by atoms with Gasteiger partial charge >= 0.3 is 5.97 Å². The van der Waals surface area contributed by atoms with Gasteiger partial charge in [-0.05, 0) is 42.8 Å². The molecule has 150 valence electrons. The van der Waals surface area contributed by atoms with E-state index in [2.05, 4.69) is 5.32 Å². The van der Waals surface area contributed by atoms with Crippen LogP contribution in [0.15, 0.2) is 36.4 Å². The number of esters is 1. The molecule has 0 aromatic heterocycles. The average Bonchev–Trinajstić information content (AvgIpc) is 2.65. The lowest BCUT2D eigenvalue weighted by atomic mass is 10.3. The zero-order valence-corrected chi connectivity index (χ0v) is 17.2. The Morgan fingerprint density at radius 2 is 1.68 bits per heavy atom. The third-order valence-electron chi connectivity index (χ3n) is 3.48. The van der Waals surface area contributed by atoms with Crippen LogP contribution in [0.3, 0.4) is 0 Å². The van der Waals surface area contributed by atoms with Gasteiger partial charge in [-0.25, -0.2) is 0 Å². The molecule has 0 unspecified atom stereocenters. The summed E-state index contributed by atoms with van der Waals surface area (Å²) in [7, 11) is 1.47. The third-order valence-corrected chi connectivity index (χ3v) is 4.24. The Morgan fingerprint density at radius 3 is 2.36 bits per heavy atom. The van der Waals surface area contributed by atoms with Gasteiger partial charge in [0.15, 0.2) is 6.61 Å². The molecule has 1 amide bonds. The minimum atomic E-state index is -0.515. The van der Waals surface area contributed by atoms with Crippen LogP contribution in [0.2, 0.25) is 15.1 Å². The van der Waals surface area contributed by atoms with Crippen molar-refractivity contribution in [2.24, 2.45) is 0 Å². The van der Waals surface area contributed by atoms with E-state index in [0.29, 0.717) is 38.7 Å². The summed E-state index contributed by atoms with van der Waals surface area (Å²) in [6.45, 7) is -0.152. The Labute approximate surface area is 177 Å². The van der Waals surface area contributed by atoms with Gasteiger partial charge in [-0.1, -0.05) is 34.8 Å². The molecule has 0 saturated heterocycles. The number of benzene rings is 2. The number of halogens is 3. The first-order chi connectivity index (χ1) is 13.4. The summed E-state index contributed by atoms with van der Waals surface area (Å²) in [5.74, 6) is -0.0894. The molecule has 0 fully saturated rings. The Kier molecular flexibility index (Phi) is 8.70. The Morgan fingerprint density at radius 1 is 1.00 bits per heavy atom. The second-order valence-corrected chi connectivity index (χ2v) is 6.86. The van der Waals surface area contributed by atoms with Gasteiger partial charge < -0.3 is 19.5 Å². The van der Waals surface area contributed by atoms with Gasteiger partial charge in [-0.2, -0.15) is 0 Å². The quantitative estimate of drug-likeness (QED) is 0.433. The maximum Gasteiger partial charge on any atom is 0.306 e. The van der Waals surface area contributed by atoms with Gasteiger partial charge in [0.05, 0.1) is 24.4 Å². The first kappa shape index (κ1) is 22.1. The number of rotatable bonds is 9. The largest absolute Gasteiger partial charge is 0.495 e. The molecule has 6 nitrogen and oxygen atoms in total. The predicted molar refractivity (Wildman–Crippen MR) is 109 cm³/mol. The van der Waals surface area contributed by atoms with E-state index >= 15 is 0 Å². The highest BCUT2D eigenvalue weighted by Crippen LogP contribution is 2.28. The van der Waals surface area contributed by atoms with Crippen LogP contribution in [0.1, 0.15) is 12.8 Å². The molecule has 0 aliphatic heterocycles. The Balaban J connectivity index is 1.69. The maximum atomic E-state index is 11.9. The van der Waals surface area contributed by atoms with Crippen LogP contribution in [0.4, 0.5) is 5.69 Å². The highest BCUT2D eigenvalue weighted by Gasteiger charge is 2.11. The van der Waals surface area contributed by atoms with Crippen molar-refractivity contribution in [1.82, 2.24) is 0 Å². The number of anilines is 1. The second kappa shape index (κ2) is 11.0. The van der Waals surface area contributed by atoms with Crippen molar-refractivity contribution in [1.29, 1.82) is 0 Å². The Bertz CT molecular complexity index is 844. The molecule has 2 aromatic carbocycles. The molecule has 0 heterocycles. The van der Waals surface area contributed by atoms with Gasteiger partial charge in [-0.3, -0.25) is 9.59 Å². The lowest BCUT2D eigenvalue weighted by Crippen LogP contribution is -2.21. The second-order valence-electron chi connectivity index (χ2n) is 5.58. The van der Waals surface area contributed by atoms with Crippen molar-refractivity contribution in [3.05, 3.63) is 51.5 Å². The molecule has 9 heteroatoms. The molecule has 28 heavy (non-hydrogen) atoms. The average molecular weight is 447 g/mol. The lowest BCUT2D eigenvalue weighted by molar-refractivity contribution is -0.147. The van der Waals surface area contributed by atoms with Crippen LogP contribution in [0.5, 0.6) is 11.5 Å².